The van der Waals surface area contributed by atoms with Crippen LogP contribution in [0.25, 0.3) is 27.8 Å². The molecule has 1 aromatic heterocycles. The molecule has 0 radical (unpaired) electrons. The number of phenolic OH excluding ortho intramolecular Hbond substituents is 1. The Kier molecular flexibility index (Phi) is 6.88. The number of fused-ring (bicyclic) bond motifs is 1. The van der Waals surface area contributed by atoms with E-state index in [-0.39, 0.29) is 17.1 Å². The van der Waals surface area contributed by atoms with Crippen LogP contribution in [-0.2, 0) is 11.8 Å². The van der Waals surface area contributed by atoms with E-state index in [0.29, 0.717) is 22.3 Å². The van der Waals surface area contributed by atoms with Gasteiger partial charge in [0.15, 0.2) is 0 Å². The molecule has 35 heavy (non-hydrogen) atoms. The fraction of sp³-hybridized carbons (Fsp3) is 0.400. The van der Waals surface area contributed by atoms with Gasteiger partial charge in [-0.2, -0.15) is 0 Å². The van der Waals surface area contributed by atoms with Crippen molar-refractivity contribution in [3.05, 3.63) is 76.5 Å². The van der Waals surface area contributed by atoms with Gasteiger partial charge in [-0.3, -0.25) is 0 Å². The highest BCUT2D eigenvalue weighted by molar-refractivity contribution is 5.80. The second kappa shape index (κ2) is 9.73. The van der Waals surface area contributed by atoms with E-state index in [9.17, 15) is 10.3 Å². The summed E-state index contributed by atoms with van der Waals surface area (Å²) in [7, 11) is 0. The highest BCUT2D eigenvalue weighted by atomic mass is 16.5. The minimum atomic E-state index is -0.110. The van der Waals surface area contributed by atoms with Crippen LogP contribution in [0, 0.1) is 5.21 Å². The number of benzene rings is 3. The van der Waals surface area contributed by atoms with Crippen LogP contribution in [0.15, 0.2) is 54.6 Å². The molecule has 0 bridgehead atoms. The van der Waals surface area contributed by atoms with E-state index in [0.717, 1.165) is 47.2 Å². The fourth-order valence-electron chi connectivity index (χ4n) is 4.53. The Bertz CT molecular complexity index is 1350. The molecular formula is C30H37N3O2. The van der Waals surface area contributed by atoms with E-state index in [1.807, 2.05) is 48.5 Å². The zero-order valence-corrected chi connectivity index (χ0v) is 21.8. The lowest BCUT2D eigenvalue weighted by Crippen LogP contribution is -2.37. The highest BCUT2D eigenvalue weighted by Crippen LogP contribution is 2.40. The number of aromatic hydroxyl groups is 1. The number of phenols is 1. The summed E-state index contributed by atoms with van der Waals surface area (Å²) in [6.07, 6.45) is 4.13. The molecule has 5 heteroatoms. The summed E-state index contributed by atoms with van der Waals surface area (Å²) in [6.45, 7) is 12.9. The Morgan fingerprint density at radius 2 is 1.80 bits per heavy atom. The van der Waals surface area contributed by atoms with Crippen molar-refractivity contribution < 1.29 is 9.95 Å². The molecule has 0 fully saturated rings. The Hall–Kier alpha value is -3.34. The molecule has 0 saturated carbocycles. The molecule has 1 heterocycles. The maximum Gasteiger partial charge on any atom is 0.250 e. The van der Waals surface area contributed by atoms with Gasteiger partial charge in [0.1, 0.15) is 11.4 Å². The Balaban J connectivity index is 1.95. The van der Waals surface area contributed by atoms with E-state index >= 15 is 0 Å². The zero-order valence-electron chi connectivity index (χ0n) is 21.8. The maximum atomic E-state index is 13.5. The van der Waals surface area contributed by atoms with Crippen molar-refractivity contribution in [2.24, 2.45) is 0 Å². The van der Waals surface area contributed by atoms with Crippen molar-refractivity contribution in [2.75, 3.05) is 0 Å². The number of hydrogen-bond acceptors (Lipinski definition) is 3. The van der Waals surface area contributed by atoms with Gasteiger partial charge in [-0.05, 0) is 70.3 Å². The van der Waals surface area contributed by atoms with E-state index in [2.05, 4.69) is 47.6 Å². The molecule has 4 aromatic rings. The first-order chi connectivity index (χ1) is 16.7. The van der Waals surface area contributed by atoms with E-state index in [1.54, 1.807) is 0 Å². The summed E-state index contributed by atoms with van der Waals surface area (Å²) >= 11 is 0. The molecule has 3 aromatic carbocycles. The number of hydrogen-bond donors (Lipinski definition) is 1. The third kappa shape index (κ3) is 4.77. The summed E-state index contributed by atoms with van der Waals surface area (Å²) in [5.41, 5.74) is 6.46. The number of para-hydroxylation sites is 1. The molecule has 1 N–H and O–H groups in total. The smallest absolute Gasteiger partial charge is 0.250 e. The van der Waals surface area contributed by atoms with Crippen molar-refractivity contribution in [2.45, 2.75) is 78.6 Å². The van der Waals surface area contributed by atoms with Gasteiger partial charge >= 0.3 is 0 Å². The van der Waals surface area contributed by atoms with Crippen molar-refractivity contribution in [1.29, 1.82) is 0 Å². The van der Waals surface area contributed by atoms with Crippen molar-refractivity contribution in [3.8, 4) is 22.6 Å². The van der Waals surface area contributed by atoms with Crippen LogP contribution in [0.2, 0.25) is 0 Å². The highest BCUT2D eigenvalue weighted by Gasteiger charge is 2.25. The van der Waals surface area contributed by atoms with Crippen LogP contribution >= 0.6 is 0 Å². The topological polar surface area (TPSA) is 65.0 Å². The van der Waals surface area contributed by atoms with Gasteiger partial charge in [0.2, 0.25) is 5.52 Å². The van der Waals surface area contributed by atoms with Gasteiger partial charge in [0, 0.05) is 11.1 Å². The lowest BCUT2D eigenvalue weighted by atomic mass is 9.85. The van der Waals surface area contributed by atoms with E-state index in [4.69, 9.17) is 5.10 Å². The fourth-order valence-corrected chi connectivity index (χ4v) is 4.53. The molecule has 0 amide bonds. The SMILES string of the molecule is CCCCc1ccc2c(c1)nn(-c1cc(C(C)(C)C)ccc1-c1cccc(C(C)CC)c1O)[n+]2[O-]. The third-order valence-corrected chi connectivity index (χ3v) is 7.02. The average molecular weight is 472 g/mol. The van der Waals surface area contributed by atoms with Crippen molar-refractivity contribution in [3.63, 3.8) is 0 Å². The van der Waals surface area contributed by atoms with Crippen molar-refractivity contribution >= 4 is 11.0 Å². The molecule has 4 rings (SSSR count). The quantitative estimate of drug-likeness (QED) is 0.229. The van der Waals surface area contributed by atoms with E-state index in [1.165, 1.54) is 10.4 Å². The monoisotopic (exact) mass is 471 g/mol. The first-order valence-corrected chi connectivity index (χ1v) is 12.7. The predicted molar refractivity (Wildman–Crippen MR) is 143 cm³/mol. The van der Waals surface area contributed by atoms with Crippen LogP contribution in [0.1, 0.15) is 83.4 Å². The van der Waals surface area contributed by atoms with Crippen LogP contribution in [0.3, 0.4) is 0 Å². The predicted octanol–water partition coefficient (Wildman–Crippen LogP) is 7.19. The van der Waals surface area contributed by atoms with Crippen LogP contribution in [-0.4, -0.2) is 15.0 Å². The van der Waals surface area contributed by atoms with Gasteiger partial charge in [-0.25, -0.2) is 0 Å². The molecule has 1 unspecified atom stereocenters. The molecule has 0 aliphatic carbocycles. The molecular weight excluding hydrogens is 434 g/mol. The van der Waals surface area contributed by atoms with E-state index < -0.39 is 0 Å². The summed E-state index contributed by atoms with van der Waals surface area (Å²) in [5.74, 6) is 0.494. The van der Waals surface area contributed by atoms with Crippen LogP contribution in [0.5, 0.6) is 5.75 Å². The number of rotatable bonds is 7. The van der Waals surface area contributed by atoms with Gasteiger partial charge in [-0.1, -0.05) is 84.4 Å². The van der Waals surface area contributed by atoms with Gasteiger partial charge in [-0.15, -0.1) is 4.85 Å². The number of nitrogens with zero attached hydrogens (tertiary/aromatic N) is 3. The largest absolute Gasteiger partial charge is 0.692 e. The summed E-state index contributed by atoms with van der Waals surface area (Å²) in [5, 5.41) is 29.5. The van der Waals surface area contributed by atoms with Gasteiger partial charge in [0.25, 0.3) is 5.52 Å². The van der Waals surface area contributed by atoms with Crippen LogP contribution < -0.4 is 4.85 Å². The Morgan fingerprint density at radius 3 is 2.49 bits per heavy atom. The Morgan fingerprint density at radius 1 is 1.03 bits per heavy atom. The summed E-state index contributed by atoms with van der Waals surface area (Å²) in [6, 6.07) is 17.9. The molecule has 1 atom stereocenters. The van der Waals surface area contributed by atoms with Gasteiger partial charge in [0.05, 0.1) is 5.10 Å². The second-order valence-electron chi connectivity index (χ2n) is 10.6. The average Bonchev–Trinajstić information content (AvgIpc) is 3.17. The second-order valence-corrected chi connectivity index (χ2v) is 10.6. The lowest BCUT2D eigenvalue weighted by Gasteiger charge is -2.22. The first kappa shape index (κ1) is 24.8. The lowest BCUT2D eigenvalue weighted by molar-refractivity contribution is -0.664. The molecule has 0 aliphatic heterocycles. The zero-order chi connectivity index (χ0) is 25.3. The minimum Gasteiger partial charge on any atom is -0.692 e. The molecule has 0 spiro atoms. The molecule has 184 valence electrons. The summed E-state index contributed by atoms with van der Waals surface area (Å²) < 4.78 is 0. The minimum absolute atomic E-state index is 0.110. The summed E-state index contributed by atoms with van der Waals surface area (Å²) in [4.78, 5) is 2.30. The number of aryl methyl sites for hydroxylation is 1. The number of unbranched alkanes of at least 4 members (excludes halogenated alkanes) is 1. The Labute approximate surface area is 208 Å². The third-order valence-electron chi connectivity index (χ3n) is 7.02. The van der Waals surface area contributed by atoms with Gasteiger partial charge < -0.3 is 10.3 Å². The molecule has 0 saturated heterocycles. The number of aromatic nitrogens is 3. The molecule has 0 aliphatic rings. The van der Waals surface area contributed by atoms with Crippen molar-refractivity contribution in [1.82, 2.24) is 9.90 Å². The first-order valence-electron chi connectivity index (χ1n) is 12.7. The molecule has 5 nitrogen and oxygen atoms in total. The normalized spacial score (nSPS) is 12.9. The van der Waals surface area contributed by atoms with Crippen LogP contribution in [0.4, 0.5) is 0 Å². The standard InChI is InChI=1S/C30H37N3O2/c1-7-9-11-21-14-17-27-26(18-21)31-32(33(27)35)28-19-22(30(4,5)6)15-16-24(28)25-13-10-12-23(29(25)34)20(3)8-2/h10,12-20,34H,7-9,11H2,1-6H3. The maximum absolute atomic E-state index is 13.5.